The Bertz CT molecular complexity index is 2010. The van der Waals surface area contributed by atoms with Crippen LogP contribution >= 0.6 is 11.3 Å². The molecule has 0 unspecified atom stereocenters. The topological polar surface area (TPSA) is 60.4 Å². The van der Waals surface area contributed by atoms with Gasteiger partial charge < -0.3 is 8.83 Å². The van der Waals surface area contributed by atoms with Crippen molar-refractivity contribution in [3.8, 4) is 20.9 Å². The molecule has 0 bridgehead atoms. The normalized spacial score (nSPS) is 11.7. The van der Waals surface area contributed by atoms with E-state index in [9.17, 15) is 9.59 Å². The summed E-state index contributed by atoms with van der Waals surface area (Å²) >= 11 is 1.40. The SMILES string of the molecule is Cc1c(-c2ccc(-c3c(C)c4c(ccc5ccccc54)oc3=O)s2)c(=O)oc2ccc3ccccc3c12. The smallest absolute Gasteiger partial charge is 0.345 e. The molecular weight excluding hydrogens is 480 g/mol. The monoisotopic (exact) mass is 500 g/mol. The average Bonchev–Trinajstić information content (AvgIpc) is 3.37. The molecule has 4 nitrogen and oxygen atoms in total. The number of rotatable bonds is 2. The molecule has 0 N–H and O–H groups in total. The van der Waals surface area contributed by atoms with E-state index in [-0.39, 0.29) is 11.3 Å². The van der Waals surface area contributed by atoms with Gasteiger partial charge in [0.05, 0.1) is 11.1 Å². The van der Waals surface area contributed by atoms with Gasteiger partial charge in [0.1, 0.15) is 11.2 Å². The molecule has 0 saturated heterocycles. The first-order valence-electron chi connectivity index (χ1n) is 12.0. The molecule has 0 radical (unpaired) electrons. The number of aryl methyl sites for hydroxylation is 2. The molecule has 5 heteroatoms. The quantitative estimate of drug-likeness (QED) is 0.177. The molecule has 3 aromatic heterocycles. The van der Waals surface area contributed by atoms with Gasteiger partial charge in [-0.1, -0.05) is 60.7 Å². The Morgan fingerprint density at radius 3 is 1.43 bits per heavy atom. The Labute approximate surface area is 215 Å². The molecule has 0 aliphatic rings. The molecule has 7 aromatic rings. The fourth-order valence-electron chi connectivity index (χ4n) is 5.48. The summed E-state index contributed by atoms with van der Waals surface area (Å²) in [6.45, 7) is 3.92. The molecule has 0 fully saturated rings. The lowest BCUT2D eigenvalue weighted by Crippen LogP contribution is -2.05. The Morgan fingerprint density at radius 1 is 0.541 bits per heavy atom. The third-order valence-corrected chi connectivity index (χ3v) is 8.31. The highest BCUT2D eigenvalue weighted by Gasteiger charge is 2.21. The lowest BCUT2D eigenvalue weighted by Gasteiger charge is -2.10. The molecule has 0 aliphatic carbocycles. The summed E-state index contributed by atoms with van der Waals surface area (Å²) in [6.07, 6.45) is 0. The Kier molecular flexibility index (Phi) is 4.72. The van der Waals surface area contributed by atoms with Crippen LogP contribution in [0.3, 0.4) is 0 Å². The van der Waals surface area contributed by atoms with Gasteiger partial charge in [-0.05, 0) is 70.8 Å². The zero-order valence-electron chi connectivity index (χ0n) is 20.1. The van der Waals surface area contributed by atoms with Crippen molar-refractivity contribution >= 4 is 54.8 Å². The standard InChI is InChI=1S/C32H20O4S/c1-17-27-21-9-5-3-7-19(21)11-13-23(27)35-31(33)29(17)25-15-16-26(37-25)30-18(2)28-22-10-6-4-8-20(22)12-14-24(28)36-32(30)34/h3-16H,1-2H3. The summed E-state index contributed by atoms with van der Waals surface area (Å²) in [5.74, 6) is 0. The third-order valence-electron chi connectivity index (χ3n) is 7.19. The minimum atomic E-state index is -0.387. The maximum absolute atomic E-state index is 13.2. The number of fused-ring (bicyclic) bond motifs is 6. The maximum atomic E-state index is 13.2. The van der Waals surface area contributed by atoms with Gasteiger partial charge in [0.25, 0.3) is 0 Å². The van der Waals surface area contributed by atoms with Gasteiger partial charge in [-0.15, -0.1) is 11.3 Å². The molecule has 7 rings (SSSR count). The van der Waals surface area contributed by atoms with E-state index in [2.05, 4.69) is 0 Å². The molecular formula is C32H20O4S. The van der Waals surface area contributed by atoms with E-state index >= 15 is 0 Å². The number of hydrogen-bond acceptors (Lipinski definition) is 5. The van der Waals surface area contributed by atoms with E-state index < -0.39 is 0 Å². The van der Waals surface area contributed by atoms with Gasteiger partial charge in [0.15, 0.2) is 0 Å². The first-order chi connectivity index (χ1) is 18.0. The lowest BCUT2D eigenvalue weighted by molar-refractivity contribution is 0.563. The molecule has 37 heavy (non-hydrogen) atoms. The third kappa shape index (κ3) is 3.21. The molecule has 0 spiro atoms. The van der Waals surface area contributed by atoms with Crippen molar-refractivity contribution < 1.29 is 8.83 Å². The Hall–Kier alpha value is -4.48. The van der Waals surface area contributed by atoms with Gasteiger partial charge in [0.2, 0.25) is 0 Å². The lowest BCUT2D eigenvalue weighted by atomic mass is 9.98. The van der Waals surface area contributed by atoms with Gasteiger partial charge >= 0.3 is 11.3 Å². The predicted molar refractivity (Wildman–Crippen MR) is 152 cm³/mol. The number of thiophene rings is 1. The van der Waals surface area contributed by atoms with Crippen molar-refractivity contribution in [2.75, 3.05) is 0 Å². The van der Waals surface area contributed by atoms with Gasteiger partial charge in [-0.2, -0.15) is 0 Å². The second kappa shape index (κ2) is 8.02. The summed E-state index contributed by atoms with van der Waals surface area (Å²) in [4.78, 5) is 27.8. The minimum absolute atomic E-state index is 0.387. The van der Waals surface area contributed by atoms with Crippen molar-refractivity contribution in [1.82, 2.24) is 0 Å². The van der Waals surface area contributed by atoms with Crippen molar-refractivity contribution in [2.45, 2.75) is 13.8 Å². The van der Waals surface area contributed by atoms with Crippen LogP contribution in [0.5, 0.6) is 0 Å². The summed E-state index contributed by atoms with van der Waals surface area (Å²) in [6, 6.07) is 27.6. The van der Waals surface area contributed by atoms with E-state index in [0.717, 1.165) is 53.2 Å². The molecule has 178 valence electrons. The van der Waals surface area contributed by atoms with Gasteiger partial charge in [-0.3, -0.25) is 0 Å². The van der Waals surface area contributed by atoms with Crippen LogP contribution in [-0.2, 0) is 0 Å². The van der Waals surface area contributed by atoms with E-state index in [4.69, 9.17) is 8.83 Å². The van der Waals surface area contributed by atoms with Crippen LogP contribution in [0, 0.1) is 13.8 Å². The van der Waals surface area contributed by atoms with Crippen molar-refractivity contribution in [2.24, 2.45) is 0 Å². The summed E-state index contributed by atoms with van der Waals surface area (Å²) in [5, 5.41) is 6.10. The van der Waals surface area contributed by atoms with E-state index in [1.165, 1.54) is 11.3 Å². The Morgan fingerprint density at radius 2 is 0.973 bits per heavy atom. The molecule has 0 aliphatic heterocycles. The highest BCUT2D eigenvalue weighted by molar-refractivity contribution is 7.18. The first-order valence-corrected chi connectivity index (χ1v) is 12.8. The van der Waals surface area contributed by atoms with Crippen LogP contribution in [0.25, 0.3) is 64.4 Å². The Balaban J connectivity index is 1.47. The van der Waals surface area contributed by atoms with E-state index in [0.29, 0.717) is 22.3 Å². The highest BCUT2D eigenvalue weighted by Crippen LogP contribution is 2.39. The molecule has 3 heterocycles. The summed E-state index contributed by atoms with van der Waals surface area (Å²) < 4.78 is 11.6. The van der Waals surface area contributed by atoms with Gasteiger partial charge in [-0.25, -0.2) is 9.59 Å². The fourth-order valence-corrected chi connectivity index (χ4v) is 6.67. The van der Waals surface area contributed by atoms with Crippen LogP contribution in [0.1, 0.15) is 11.1 Å². The second-order valence-corrected chi connectivity index (χ2v) is 10.3. The van der Waals surface area contributed by atoms with Crippen LogP contribution in [0.4, 0.5) is 0 Å². The average molecular weight is 501 g/mol. The zero-order chi connectivity index (χ0) is 25.3. The second-order valence-electron chi connectivity index (χ2n) is 9.26. The van der Waals surface area contributed by atoms with Crippen molar-refractivity contribution in [3.63, 3.8) is 0 Å². The molecule has 4 aromatic carbocycles. The molecule has 0 atom stereocenters. The first kappa shape index (κ1) is 21.8. The van der Waals surface area contributed by atoms with E-state index in [1.807, 2.05) is 98.8 Å². The number of hydrogen-bond donors (Lipinski definition) is 0. The largest absolute Gasteiger partial charge is 0.422 e. The minimum Gasteiger partial charge on any atom is -0.422 e. The van der Waals surface area contributed by atoms with Crippen LogP contribution in [-0.4, -0.2) is 0 Å². The number of benzene rings is 4. The highest BCUT2D eigenvalue weighted by atomic mass is 32.1. The predicted octanol–water partition coefficient (Wildman–Crippen LogP) is 8.22. The van der Waals surface area contributed by atoms with Crippen molar-refractivity contribution in [3.05, 3.63) is 117 Å². The van der Waals surface area contributed by atoms with E-state index in [1.54, 1.807) is 0 Å². The summed E-state index contributed by atoms with van der Waals surface area (Å²) in [7, 11) is 0. The summed E-state index contributed by atoms with van der Waals surface area (Å²) in [5.41, 5.74) is 3.14. The maximum Gasteiger partial charge on any atom is 0.345 e. The van der Waals surface area contributed by atoms with Crippen LogP contribution in [0.15, 0.2) is 103 Å². The van der Waals surface area contributed by atoms with Crippen molar-refractivity contribution in [1.29, 1.82) is 0 Å². The van der Waals surface area contributed by atoms with Gasteiger partial charge in [0, 0.05) is 20.5 Å². The van der Waals surface area contributed by atoms with Crippen LogP contribution < -0.4 is 11.3 Å². The van der Waals surface area contributed by atoms with Crippen LogP contribution in [0.2, 0.25) is 0 Å². The molecule has 0 saturated carbocycles. The fraction of sp³-hybridized carbons (Fsp3) is 0.0625. The zero-order valence-corrected chi connectivity index (χ0v) is 20.9. The molecule has 0 amide bonds.